The molecule has 4 N–H and O–H groups in total. The molecule has 5 rings (SSSR count). The lowest BCUT2D eigenvalue weighted by Crippen LogP contribution is -2.59. The van der Waals surface area contributed by atoms with Crippen LogP contribution in [0.1, 0.15) is 104 Å². The van der Waals surface area contributed by atoms with Crippen molar-refractivity contribution in [3.05, 3.63) is 40.9 Å². The van der Waals surface area contributed by atoms with Crippen molar-refractivity contribution in [1.29, 1.82) is 0 Å². The average molecular weight is 698 g/mol. The topological polar surface area (TPSA) is 146 Å². The van der Waals surface area contributed by atoms with E-state index in [1.54, 1.807) is 12.1 Å². The van der Waals surface area contributed by atoms with Crippen LogP contribution in [-0.4, -0.2) is 70.6 Å². The first-order chi connectivity index (χ1) is 23.1. The molecular weight excluding hydrogens is 646 g/mol. The number of hydrogen-bond donors (Lipinski definition) is 4. The zero-order valence-corrected chi connectivity index (χ0v) is 30.2. The number of carbonyl (C=O) groups is 5. The highest BCUT2D eigenvalue weighted by Gasteiger charge is 2.54. The molecule has 2 heterocycles. The Hall–Kier alpha value is -3.44. The third kappa shape index (κ3) is 9.42. The van der Waals surface area contributed by atoms with E-state index in [-0.39, 0.29) is 37.3 Å². The number of Topliss-reactive ketones (excluding diaryl/α,β-unsaturated/α-hetero) is 1. The van der Waals surface area contributed by atoms with Crippen LogP contribution in [0.5, 0.6) is 0 Å². The molecule has 12 heteroatoms. The molecule has 0 radical (unpaired) electrons. The molecule has 1 spiro atoms. The van der Waals surface area contributed by atoms with E-state index in [1.807, 2.05) is 52.8 Å². The molecule has 4 atom stereocenters. The first-order valence-electron chi connectivity index (χ1n) is 17.8. The Bertz CT molecular complexity index is 1460. The van der Waals surface area contributed by atoms with E-state index in [1.165, 1.54) is 11.3 Å². The third-order valence-corrected chi connectivity index (χ3v) is 10.2. The number of nitrogens with one attached hydrogen (secondary N) is 4. The van der Waals surface area contributed by atoms with Crippen LogP contribution >= 0.6 is 11.6 Å². The number of amides is 4. The second-order valence-electron chi connectivity index (χ2n) is 15.9. The number of carbonyl (C=O) groups excluding carboxylic acids is 5. The standard InChI is InChI=1S/C37H52ClN5O6/c1-22(2)16-27(31(45)34(47)39-26-14-15-26)40-33(46)29-20-37(19-28(42-49-37)24-12-9-13-25(38)18-24)21-43(29)35(48)32(36(3,4)5)41-30(44)17-23-10-7-6-8-11-23/h9,12-13,18-19,22-23,26-27,29,32,42H,6-8,10-11,14-17,20-21H2,1-5H3,(H,39,47)(H,40,46)(H,41,44)/t27-,29-,32+,37+/m0/s1. The van der Waals surface area contributed by atoms with Gasteiger partial charge in [0.2, 0.25) is 23.5 Å². The van der Waals surface area contributed by atoms with E-state index in [2.05, 4.69) is 21.4 Å². The summed E-state index contributed by atoms with van der Waals surface area (Å²) < 4.78 is 0. The summed E-state index contributed by atoms with van der Waals surface area (Å²) in [6, 6.07) is 4.22. The Morgan fingerprint density at radius 1 is 1.04 bits per heavy atom. The SMILES string of the molecule is CC(C)C[C@H](NC(=O)[C@@H]1C[C@]2(C=C(c3cccc(Cl)c3)NO2)CN1C(=O)[C@@H](NC(=O)CC1CCCCC1)C(C)(C)C)C(=O)C(=O)NC1CC1. The maximum absolute atomic E-state index is 14.6. The number of ketones is 1. The Labute approximate surface area is 294 Å². The first-order valence-corrected chi connectivity index (χ1v) is 18.2. The van der Waals surface area contributed by atoms with E-state index in [9.17, 15) is 24.0 Å². The maximum Gasteiger partial charge on any atom is 0.289 e. The average Bonchev–Trinajstić information content (AvgIpc) is 3.63. The molecule has 4 aliphatic rings. The van der Waals surface area contributed by atoms with Crippen molar-refractivity contribution in [2.75, 3.05) is 6.54 Å². The predicted molar refractivity (Wildman–Crippen MR) is 187 cm³/mol. The molecule has 1 saturated heterocycles. The summed E-state index contributed by atoms with van der Waals surface area (Å²) in [4.78, 5) is 75.8. The lowest BCUT2D eigenvalue weighted by molar-refractivity contribution is -0.145. The number of hydrogen-bond acceptors (Lipinski definition) is 7. The smallest absolute Gasteiger partial charge is 0.289 e. The zero-order chi connectivity index (χ0) is 35.5. The number of likely N-dealkylation sites (tertiary alicyclic amines) is 1. The van der Waals surface area contributed by atoms with Crippen molar-refractivity contribution in [2.24, 2.45) is 17.3 Å². The van der Waals surface area contributed by atoms with Gasteiger partial charge >= 0.3 is 0 Å². The Kier molecular flexibility index (Phi) is 11.4. The Balaban J connectivity index is 1.42. The summed E-state index contributed by atoms with van der Waals surface area (Å²) in [5.74, 6) is -2.27. The molecule has 2 saturated carbocycles. The number of benzene rings is 1. The van der Waals surface area contributed by atoms with Crippen molar-refractivity contribution in [3.63, 3.8) is 0 Å². The van der Waals surface area contributed by atoms with Gasteiger partial charge in [-0.2, -0.15) is 0 Å². The van der Waals surface area contributed by atoms with Gasteiger partial charge < -0.3 is 20.9 Å². The third-order valence-electron chi connectivity index (χ3n) is 9.94. The highest BCUT2D eigenvalue weighted by atomic mass is 35.5. The molecule has 49 heavy (non-hydrogen) atoms. The van der Waals surface area contributed by atoms with E-state index in [4.69, 9.17) is 16.4 Å². The van der Waals surface area contributed by atoms with Crippen LogP contribution in [-0.2, 0) is 28.8 Å². The van der Waals surface area contributed by atoms with E-state index >= 15 is 0 Å². The van der Waals surface area contributed by atoms with Crippen molar-refractivity contribution in [3.8, 4) is 0 Å². The van der Waals surface area contributed by atoms with Crippen LogP contribution < -0.4 is 21.4 Å². The van der Waals surface area contributed by atoms with Gasteiger partial charge in [0.15, 0.2) is 0 Å². The second kappa shape index (κ2) is 15.2. The van der Waals surface area contributed by atoms with E-state index < -0.39 is 52.6 Å². The van der Waals surface area contributed by atoms with E-state index in [0.29, 0.717) is 23.1 Å². The van der Waals surface area contributed by atoms with Gasteiger partial charge in [-0.15, -0.1) is 0 Å². The minimum Gasteiger partial charge on any atom is -0.347 e. The van der Waals surface area contributed by atoms with Crippen LogP contribution in [0.3, 0.4) is 0 Å². The number of rotatable bonds is 12. The van der Waals surface area contributed by atoms with Crippen LogP contribution in [0, 0.1) is 17.3 Å². The van der Waals surface area contributed by atoms with Gasteiger partial charge in [-0.25, -0.2) is 0 Å². The largest absolute Gasteiger partial charge is 0.347 e. The van der Waals surface area contributed by atoms with Gasteiger partial charge in [-0.1, -0.05) is 77.6 Å². The number of halogens is 1. The van der Waals surface area contributed by atoms with Crippen molar-refractivity contribution >= 4 is 46.7 Å². The minimum absolute atomic E-state index is 0.00540. The summed E-state index contributed by atoms with van der Waals surface area (Å²) in [5, 5.41) is 9.14. The fraction of sp³-hybridized carbons (Fsp3) is 0.649. The van der Waals surface area contributed by atoms with Crippen molar-refractivity contribution < 1.29 is 28.8 Å². The second-order valence-corrected chi connectivity index (χ2v) is 16.3. The molecule has 1 aromatic rings. The lowest BCUT2D eigenvalue weighted by Gasteiger charge is -2.36. The highest BCUT2D eigenvalue weighted by Crippen LogP contribution is 2.39. The van der Waals surface area contributed by atoms with Crippen LogP contribution in [0.4, 0.5) is 0 Å². The molecule has 2 aliphatic carbocycles. The van der Waals surface area contributed by atoms with Gasteiger partial charge in [0.25, 0.3) is 5.91 Å². The lowest BCUT2D eigenvalue weighted by atomic mass is 9.84. The Morgan fingerprint density at radius 2 is 1.76 bits per heavy atom. The Morgan fingerprint density at radius 3 is 2.39 bits per heavy atom. The van der Waals surface area contributed by atoms with Crippen LogP contribution in [0.15, 0.2) is 30.3 Å². The molecule has 4 amide bonds. The monoisotopic (exact) mass is 697 g/mol. The molecule has 2 aliphatic heterocycles. The summed E-state index contributed by atoms with van der Waals surface area (Å²) in [5.41, 5.74) is 2.64. The van der Waals surface area contributed by atoms with Gasteiger partial charge in [0.05, 0.1) is 18.3 Å². The van der Waals surface area contributed by atoms with Crippen LogP contribution in [0.25, 0.3) is 5.70 Å². The zero-order valence-electron chi connectivity index (χ0n) is 29.4. The summed E-state index contributed by atoms with van der Waals surface area (Å²) in [7, 11) is 0. The number of hydroxylamine groups is 1. The maximum atomic E-state index is 14.6. The van der Waals surface area contributed by atoms with Gasteiger partial charge in [-0.05, 0) is 67.6 Å². The normalized spacial score (nSPS) is 23.9. The quantitative estimate of drug-likeness (QED) is 0.237. The molecule has 0 bridgehead atoms. The minimum atomic E-state index is -1.08. The molecule has 0 unspecified atom stereocenters. The summed E-state index contributed by atoms with van der Waals surface area (Å²) >= 11 is 6.26. The fourth-order valence-corrected chi connectivity index (χ4v) is 7.31. The highest BCUT2D eigenvalue weighted by molar-refractivity contribution is 6.38. The summed E-state index contributed by atoms with van der Waals surface area (Å²) in [6.07, 6.45) is 9.60. The number of nitrogens with zero attached hydrogens (tertiary/aromatic N) is 1. The summed E-state index contributed by atoms with van der Waals surface area (Å²) in [6.45, 7) is 9.51. The predicted octanol–water partition coefficient (Wildman–Crippen LogP) is 4.44. The van der Waals surface area contributed by atoms with Crippen LogP contribution in [0.2, 0.25) is 5.02 Å². The van der Waals surface area contributed by atoms with Gasteiger partial charge in [0, 0.05) is 29.5 Å². The van der Waals surface area contributed by atoms with E-state index in [0.717, 1.165) is 44.1 Å². The molecule has 1 aromatic carbocycles. The molecule has 3 fully saturated rings. The first kappa shape index (κ1) is 36.8. The molecule has 268 valence electrons. The van der Waals surface area contributed by atoms with Gasteiger partial charge in [-0.3, -0.25) is 34.3 Å². The van der Waals surface area contributed by atoms with Crippen molar-refractivity contribution in [1.82, 2.24) is 26.3 Å². The van der Waals surface area contributed by atoms with Gasteiger partial charge in [0.1, 0.15) is 17.7 Å². The van der Waals surface area contributed by atoms with Crippen molar-refractivity contribution in [2.45, 2.75) is 129 Å². The molecule has 0 aromatic heterocycles. The molecule has 11 nitrogen and oxygen atoms in total. The fourth-order valence-electron chi connectivity index (χ4n) is 7.12. The molecular formula is C37H52ClN5O6.